The van der Waals surface area contributed by atoms with E-state index < -0.39 is 24.2 Å². The van der Waals surface area contributed by atoms with Gasteiger partial charge in [0.2, 0.25) is 0 Å². The van der Waals surface area contributed by atoms with E-state index in [0.29, 0.717) is 5.56 Å². The molecule has 0 aliphatic carbocycles. The maximum absolute atomic E-state index is 11.9. The second-order valence-corrected chi connectivity index (χ2v) is 6.25. The van der Waals surface area contributed by atoms with E-state index in [4.69, 9.17) is 39.5 Å². The predicted molar refractivity (Wildman–Crippen MR) is 95.4 cm³/mol. The third-order valence-electron chi connectivity index (χ3n) is 3.29. The monoisotopic (exact) mass is 418 g/mol. The Morgan fingerprint density at radius 3 is 2.42 bits per heavy atom. The summed E-state index contributed by atoms with van der Waals surface area (Å²) in [4.78, 5) is 27.0. The fourth-order valence-corrected chi connectivity index (χ4v) is 3.01. The summed E-state index contributed by atoms with van der Waals surface area (Å²) in [5.41, 5.74) is 0.538. The molecule has 1 amide bonds. The van der Waals surface area contributed by atoms with Crippen LogP contribution < -0.4 is 5.32 Å². The molecule has 2 rings (SSSR count). The number of carboxylic acid groups (broad SMARTS) is 1. The van der Waals surface area contributed by atoms with E-state index in [1.54, 1.807) is 30.3 Å². The summed E-state index contributed by atoms with van der Waals surface area (Å²) in [6.07, 6.45) is -2.81. The topological polar surface area (TPSA) is 109 Å². The number of amides is 1. The molecule has 0 spiro atoms. The molecular weight excluding hydrogens is 407 g/mol. The van der Waals surface area contributed by atoms with Crippen LogP contribution in [0.2, 0.25) is 15.3 Å². The molecule has 138 valence electrons. The molecule has 0 saturated carbocycles. The largest absolute Gasteiger partial charge is 0.480 e. The molecule has 7 nitrogen and oxygen atoms in total. The van der Waals surface area contributed by atoms with Gasteiger partial charge in [0.1, 0.15) is 23.0 Å². The fraction of sp³-hybridized carbons (Fsp3) is 0.188. The van der Waals surface area contributed by atoms with Gasteiger partial charge < -0.3 is 20.3 Å². The van der Waals surface area contributed by atoms with Crippen LogP contribution in [0, 0.1) is 0 Å². The molecule has 2 aromatic rings. The summed E-state index contributed by atoms with van der Waals surface area (Å²) in [5.74, 6) is -1.52. The summed E-state index contributed by atoms with van der Waals surface area (Å²) in [7, 11) is 0. The quantitative estimate of drug-likeness (QED) is 0.619. The minimum atomic E-state index is -1.78. The van der Waals surface area contributed by atoms with Crippen molar-refractivity contribution in [3.8, 4) is 0 Å². The Kier molecular flexibility index (Phi) is 7.05. The Morgan fingerprint density at radius 2 is 1.85 bits per heavy atom. The van der Waals surface area contributed by atoms with Crippen molar-refractivity contribution >= 4 is 46.9 Å². The van der Waals surface area contributed by atoms with E-state index in [0.717, 1.165) is 0 Å². The Bertz CT molecular complexity index is 781. The zero-order valence-electron chi connectivity index (χ0n) is 13.0. The number of ether oxygens (including phenoxy) is 1. The minimum Gasteiger partial charge on any atom is -0.480 e. The number of pyridine rings is 1. The van der Waals surface area contributed by atoms with Gasteiger partial charge in [-0.2, -0.15) is 0 Å². The predicted octanol–water partition coefficient (Wildman–Crippen LogP) is 3.45. The van der Waals surface area contributed by atoms with Gasteiger partial charge >= 0.3 is 12.1 Å². The van der Waals surface area contributed by atoms with Crippen molar-refractivity contribution < 1.29 is 24.5 Å². The second kappa shape index (κ2) is 9.05. The highest BCUT2D eigenvalue weighted by Crippen LogP contribution is 2.33. The van der Waals surface area contributed by atoms with E-state index in [9.17, 15) is 19.8 Å². The van der Waals surface area contributed by atoms with Crippen LogP contribution >= 0.6 is 34.8 Å². The fourth-order valence-electron chi connectivity index (χ4n) is 2.06. The molecule has 0 saturated heterocycles. The number of rotatable bonds is 6. The van der Waals surface area contributed by atoms with Gasteiger partial charge in [-0.25, -0.2) is 14.6 Å². The number of carbonyl (C=O) groups excluding carboxylic acids is 1. The van der Waals surface area contributed by atoms with Crippen molar-refractivity contribution in [3.63, 3.8) is 0 Å². The number of aliphatic carboxylic acids is 1. The van der Waals surface area contributed by atoms with E-state index >= 15 is 0 Å². The molecule has 0 radical (unpaired) electrons. The molecule has 1 aromatic heterocycles. The van der Waals surface area contributed by atoms with Crippen molar-refractivity contribution in [3.05, 3.63) is 62.9 Å². The Morgan fingerprint density at radius 1 is 1.19 bits per heavy atom. The van der Waals surface area contributed by atoms with Crippen LogP contribution in [-0.4, -0.2) is 33.3 Å². The number of halogens is 3. The number of carbonyl (C=O) groups is 2. The minimum absolute atomic E-state index is 0.0296. The van der Waals surface area contributed by atoms with Gasteiger partial charge in [0.25, 0.3) is 0 Å². The molecule has 3 N–H and O–H groups in total. The number of nitrogens with one attached hydrogen (secondary N) is 1. The molecule has 2 atom stereocenters. The lowest BCUT2D eigenvalue weighted by atomic mass is 10.0. The Hall–Kier alpha value is -2.06. The molecule has 0 aliphatic rings. The third kappa shape index (κ3) is 5.22. The lowest BCUT2D eigenvalue weighted by Gasteiger charge is -2.22. The lowest BCUT2D eigenvalue weighted by Crippen LogP contribution is -2.45. The van der Waals surface area contributed by atoms with Crippen LogP contribution in [0.15, 0.2) is 36.4 Å². The number of nitrogens with zero attached hydrogens (tertiary/aromatic N) is 1. The van der Waals surface area contributed by atoms with E-state index in [1.165, 1.54) is 6.07 Å². The van der Waals surface area contributed by atoms with Gasteiger partial charge in [-0.1, -0.05) is 65.1 Å². The van der Waals surface area contributed by atoms with Crippen LogP contribution in [0.25, 0.3) is 0 Å². The number of aromatic nitrogens is 1. The zero-order valence-corrected chi connectivity index (χ0v) is 15.3. The Balaban J connectivity index is 2.11. The van der Waals surface area contributed by atoms with Gasteiger partial charge in [-0.3, -0.25) is 0 Å². The van der Waals surface area contributed by atoms with Crippen LogP contribution in [0.3, 0.4) is 0 Å². The maximum atomic E-state index is 11.9. The highest BCUT2D eigenvalue weighted by molar-refractivity contribution is 6.37. The number of benzene rings is 1. The van der Waals surface area contributed by atoms with E-state index in [-0.39, 0.29) is 27.5 Å². The van der Waals surface area contributed by atoms with Gasteiger partial charge in [0.05, 0.1) is 5.02 Å². The molecule has 10 heteroatoms. The van der Waals surface area contributed by atoms with Gasteiger partial charge in [0, 0.05) is 5.56 Å². The molecule has 1 heterocycles. The van der Waals surface area contributed by atoms with Crippen LogP contribution in [0.5, 0.6) is 0 Å². The third-order valence-corrected chi connectivity index (χ3v) is 4.09. The summed E-state index contributed by atoms with van der Waals surface area (Å²) in [5, 5.41) is 21.3. The lowest BCUT2D eigenvalue weighted by molar-refractivity contribution is -0.142. The molecule has 26 heavy (non-hydrogen) atoms. The molecular formula is C16H13Cl3N2O5. The molecule has 0 fully saturated rings. The van der Waals surface area contributed by atoms with Crippen molar-refractivity contribution in [1.29, 1.82) is 0 Å². The van der Waals surface area contributed by atoms with E-state index in [1.807, 2.05) is 0 Å². The molecule has 1 aromatic carbocycles. The second-order valence-electron chi connectivity index (χ2n) is 5.10. The van der Waals surface area contributed by atoms with Gasteiger partial charge in [-0.05, 0) is 11.6 Å². The first-order chi connectivity index (χ1) is 12.3. The zero-order chi connectivity index (χ0) is 19.3. The van der Waals surface area contributed by atoms with Crippen molar-refractivity contribution in [2.45, 2.75) is 18.8 Å². The van der Waals surface area contributed by atoms with Crippen LogP contribution in [0.4, 0.5) is 4.79 Å². The number of aliphatic hydroxyl groups is 1. The molecule has 0 aliphatic heterocycles. The highest BCUT2D eigenvalue weighted by Gasteiger charge is 2.33. The van der Waals surface area contributed by atoms with Crippen molar-refractivity contribution in [2.24, 2.45) is 0 Å². The SMILES string of the molecule is O=C(N[C@@H](C(=O)O)[C@H](O)c1c(Cl)cc(Cl)nc1Cl)OCc1ccccc1. The van der Waals surface area contributed by atoms with Crippen molar-refractivity contribution in [1.82, 2.24) is 10.3 Å². The molecule has 0 unspecified atom stereocenters. The number of aliphatic hydroxyl groups excluding tert-OH is 1. The van der Waals surface area contributed by atoms with Crippen LogP contribution in [-0.2, 0) is 16.1 Å². The van der Waals surface area contributed by atoms with Crippen molar-refractivity contribution in [2.75, 3.05) is 0 Å². The first kappa shape index (κ1) is 20.3. The summed E-state index contributed by atoms with van der Waals surface area (Å²) in [6, 6.07) is 8.21. The number of alkyl carbamates (subject to hydrolysis) is 1. The normalized spacial score (nSPS) is 12.9. The van der Waals surface area contributed by atoms with Crippen LogP contribution in [0.1, 0.15) is 17.2 Å². The summed E-state index contributed by atoms with van der Waals surface area (Å²) < 4.78 is 4.95. The average molecular weight is 420 g/mol. The smallest absolute Gasteiger partial charge is 0.408 e. The van der Waals surface area contributed by atoms with Gasteiger partial charge in [0.15, 0.2) is 6.04 Å². The van der Waals surface area contributed by atoms with E-state index in [2.05, 4.69) is 10.3 Å². The summed E-state index contributed by atoms with van der Waals surface area (Å²) >= 11 is 17.5. The first-order valence-electron chi connectivity index (χ1n) is 7.19. The number of hydrogen-bond acceptors (Lipinski definition) is 5. The maximum Gasteiger partial charge on any atom is 0.408 e. The molecule has 0 bridgehead atoms. The average Bonchev–Trinajstić information content (AvgIpc) is 2.57. The first-order valence-corrected chi connectivity index (χ1v) is 8.32. The Labute approximate surface area is 163 Å². The van der Waals surface area contributed by atoms with Gasteiger partial charge in [-0.15, -0.1) is 0 Å². The number of carboxylic acids is 1. The number of hydrogen-bond donors (Lipinski definition) is 3. The summed E-state index contributed by atoms with van der Waals surface area (Å²) in [6.45, 7) is -0.0703. The standard InChI is InChI=1S/C16H13Cl3N2O5/c17-9-6-10(18)20-14(19)11(9)13(22)12(15(23)24)21-16(25)26-7-8-4-2-1-3-5-8/h1-6,12-13,22H,7H2,(H,21,25)(H,23,24)/t12-,13-/m1/s1. The highest BCUT2D eigenvalue weighted by atomic mass is 35.5.